The lowest BCUT2D eigenvalue weighted by Crippen LogP contribution is -2.26. The number of carbonyl (C=O) groups is 1. The second-order valence-corrected chi connectivity index (χ2v) is 9.53. The largest absolute Gasteiger partial charge is 0.492 e. The molecule has 2 N–H and O–H groups in total. The Labute approximate surface area is 213 Å². The molecule has 0 bridgehead atoms. The Morgan fingerprint density at radius 3 is 2.39 bits per heavy atom. The van der Waals surface area contributed by atoms with Gasteiger partial charge in [0.05, 0.1) is 0 Å². The molecule has 0 saturated carbocycles. The number of ether oxygens (including phenoxy) is 1. The van der Waals surface area contributed by atoms with Crippen molar-refractivity contribution >= 4 is 16.8 Å². The molecule has 1 aliphatic heterocycles. The van der Waals surface area contributed by atoms with Crippen molar-refractivity contribution in [1.82, 2.24) is 15.2 Å². The first-order valence-electron chi connectivity index (χ1n) is 13.1. The molecule has 36 heavy (non-hydrogen) atoms. The summed E-state index contributed by atoms with van der Waals surface area (Å²) >= 11 is 0. The summed E-state index contributed by atoms with van der Waals surface area (Å²) in [5.41, 5.74) is 4.88. The predicted octanol–water partition coefficient (Wildman–Crippen LogP) is 5.96. The van der Waals surface area contributed by atoms with Crippen LogP contribution in [0.2, 0.25) is 0 Å². The highest BCUT2D eigenvalue weighted by molar-refractivity contribution is 6.02. The normalized spacial score (nSPS) is 14.7. The van der Waals surface area contributed by atoms with Gasteiger partial charge in [-0.2, -0.15) is 0 Å². The molecule has 0 spiro atoms. The molecule has 5 rings (SSSR count). The third kappa shape index (κ3) is 5.31. The van der Waals surface area contributed by atoms with Gasteiger partial charge in [-0.05, 0) is 61.7 Å². The van der Waals surface area contributed by atoms with Gasteiger partial charge in [0.1, 0.15) is 18.1 Å². The van der Waals surface area contributed by atoms with Gasteiger partial charge >= 0.3 is 0 Å². The lowest BCUT2D eigenvalue weighted by molar-refractivity contribution is 0.0948. The fraction of sp³-hybridized carbons (Fsp3) is 0.323. The molecule has 186 valence electrons. The van der Waals surface area contributed by atoms with Crippen molar-refractivity contribution in [2.45, 2.75) is 32.1 Å². The molecule has 1 amide bonds. The number of para-hydroxylation sites is 1. The Kier molecular flexibility index (Phi) is 7.67. The minimum absolute atomic E-state index is 0.0640. The Bertz CT molecular complexity index is 1270. The summed E-state index contributed by atoms with van der Waals surface area (Å²) in [5, 5.41) is 4.14. The zero-order chi connectivity index (χ0) is 24.7. The number of benzene rings is 3. The molecule has 1 atom stereocenters. The van der Waals surface area contributed by atoms with E-state index in [0.29, 0.717) is 18.8 Å². The second-order valence-electron chi connectivity index (χ2n) is 9.53. The molecule has 1 saturated heterocycles. The molecule has 5 heteroatoms. The first kappa shape index (κ1) is 24.1. The van der Waals surface area contributed by atoms with Crippen molar-refractivity contribution in [1.29, 1.82) is 0 Å². The van der Waals surface area contributed by atoms with Crippen molar-refractivity contribution < 1.29 is 9.53 Å². The number of hydrogen-bond donors (Lipinski definition) is 2. The minimum atomic E-state index is -0.0941. The average molecular weight is 482 g/mol. The number of aromatic nitrogens is 1. The number of aromatic amines is 1. The molecule has 1 aliphatic rings. The van der Waals surface area contributed by atoms with E-state index in [2.05, 4.69) is 76.7 Å². The van der Waals surface area contributed by atoms with Gasteiger partial charge in [0.15, 0.2) is 0 Å². The Morgan fingerprint density at radius 2 is 1.64 bits per heavy atom. The smallest absolute Gasteiger partial charge is 0.268 e. The second kappa shape index (κ2) is 11.4. The van der Waals surface area contributed by atoms with E-state index in [9.17, 15) is 4.79 Å². The third-order valence-corrected chi connectivity index (χ3v) is 7.02. The summed E-state index contributed by atoms with van der Waals surface area (Å²) in [4.78, 5) is 19.2. The molecule has 0 radical (unpaired) electrons. The highest BCUT2D eigenvalue weighted by Gasteiger charge is 2.27. The van der Waals surface area contributed by atoms with Gasteiger partial charge in [0.2, 0.25) is 0 Å². The summed E-state index contributed by atoms with van der Waals surface area (Å²) in [5.74, 6) is 0.721. The van der Waals surface area contributed by atoms with E-state index in [0.717, 1.165) is 46.3 Å². The molecule has 1 aromatic heterocycles. The molecule has 3 aromatic carbocycles. The lowest BCUT2D eigenvalue weighted by Gasteiger charge is -2.21. The quantitative estimate of drug-likeness (QED) is 0.294. The monoisotopic (exact) mass is 481 g/mol. The number of fused-ring (bicyclic) bond motifs is 1. The summed E-state index contributed by atoms with van der Waals surface area (Å²) in [7, 11) is 0. The maximum Gasteiger partial charge on any atom is 0.268 e. The Hall–Kier alpha value is -3.57. The fourth-order valence-corrected chi connectivity index (χ4v) is 5.20. The average Bonchev–Trinajstić information content (AvgIpc) is 3.58. The lowest BCUT2D eigenvalue weighted by atomic mass is 9.83. The van der Waals surface area contributed by atoms with E-state index in [-0.39, 0.29) is 11.8 Å². The summed E-state index contributed by atoms with van der Waals surface area (Å²) in [6.07, 6.45) is 3.48. The number of rotatable bonds is 10. The highest BCUT2D eigenvalue weighted by atomic mass is 16.5. The zero-order valence-electron chi connectivity index (χ0n) is 21.0. The molecule has 5 nitrogen and oxygen atoms in total. The van der Waals surface area contributed by atoms with Crippen molar-refractivity contribution in [3.8, 4) is 5.75 Å². The van der Waals surface area contributed by atoms with Crippen LogP contribution in [0.25, 0.3) is 10.9 Å². The Morgan fingerprint density at radius 1 is 0.944 bits per heavy atom. The van der Waals surface area contributed by atoms with Crippen LogP contribution in [0.3, 0.4) is 0 Å². The third-order valence-electron chi connectivity index (χ3n) is 7.02. The van der Waals surface area contributed by atoms with Crippen molar-refractivity contribution in [3.05, 3.63) is 101 Å². The van der Waals surface area contributed by atoms with Crippen LogP contribution in [-0.4, -0.2) is 48.6 Å². The number of likely N-dealkylation sites (tertiary alicyclic amines) is 1. The number of H-pyrrole nitrogens is 1. The van der Waals surface area contributed by atoms with Crippen LogP contribution < -0.4 is 10.1 Å². The van der Waals surface area contributed by atoms with Gasteiger partial charge in [0.25, 0.3) is 5.91 Å². The van der Waals surface area contributed by atoms with E-state index < -0.39 is 0 Å². The minimum Gasteiger partial charge on any atom is -0.492 e. The molecule has 1 fully saturated rings. The molecular formula is C31H35N3O2. The first-order valence-corrected chi connectivity index (χ1v) is 13.1. The van der Waals surface area contributed by atoms with Crippen LogP contribution in [0.1, 0.15) is 59.3 Å². The van der Waals surface area contributed by atoms with Crippen molar-refractivity contribution in [2.24, 2.45) is 0 Å². The zero-order valence-corrected chi connectivity index (χ0v) is 21.0. The van der Waals surface area contributed by atoms with Crippen LogP contribution in [0.5, 0.6) is 5.75 Å². The van der Waals surface area contributed by atoms with Crippen LogP contribution in [0.4, 0.5) is 0 Å². The van der Waals surface area contributed by atoms with E-state index in [4.69, 9.17) is 4.74 Å². The van der Waals surface area contributed by atoms with Crippen LogP contribution >= 0.6 is 0 Å². The molecule has 2 heterocycles. The highest BCUT2D eigenvalue weighted by Crippen LogP contribution is 2.39. The summed E-state index contributed by atoms with van der Waals surface area (Å²) < 4.78 is 6.06. The molecule has 4 aromatic rings. The maximum absolute atomic E-state index is 13.3. The van der Waals surface area contributed by atoms with E-state index in [1.54, 1.807) is 0 Å². The van der Waals surface area contributed by atoms with Crippen LogP contribution in [0.15, 0.2) is 78.9 Å². The number of hydrogen-bond acceptors (Lipinski definition) is 3. The van der Waals surface area contributed by atoms with Gasteiger partial charge in [-0.3, -0.25) is 9.69 Å². The van der Waals surface area contributed by atoms with E-state index in [1.165, 1.54) is 25.9 Å². The molecular weight excluding hydrogens is 446 g/mol. The van der Waals surface area contributed by atoms with Crippen LogP contribution in [0, 0.1) is 0 Å². The van der Waals surface area contributed by atoms with E-state index >= 15 is 0 Å². The maximum atomic E-state index is 13.3. The summed E-state index contributed by atoms with van der Waals surface area (Å²) in [6, 6.07) is 27.0. The van der Waals surface area contributed by atoms with Gasteiger partial charge < -0.3 is 15.0 Å². The van der Waals surface area contributed by atoms with Gasteiger partial charge in [-0.15, -0.1) is 0 Å². The molecule has 1 unspecified atom stereocenters. The van der Waals surface area contributed by atoms with Gasteiger partial charge in [-0.25, -0.2) is 0 Å². The number of nitrogens with zero attached hydrogens (tertiary/aromatic N) is 1. The number of amides is 1. The van der Waals surface area contributed by atoms with Crippen molar-refractivity contribution in [3.63, 3.8) is 0 Å². The van der Waals surface area contributed by atoms with Crippen LogP contribution in [-0.2, 0) is 0 Å². The number of nitrogens with one attached hydrogen (secondary N) is 2. The van der Waals surface area contributed by atoms with Crippen molar-refractivity contribution in [2.75, 3.05) is 32.8 Å². The fourth-order valence-electron chi connectivity index (χ4n) is 5.20. The van der Waals surface area contributed by atoms with Gasteiger partial charge in [0, 0.05) is 35.5 Å². The van der Waals surface area contributed by atoms with E-state index in [1.807, 2.05) is 24.3 Å². The first-order chi connectivity index (χ1) is 17.7. The summed E-state index contributed by atoms with van der Waals surface area (Å²) in [6.45, 7) is 6.74. The predicted molar refractivity (Wildman–Crippen MR) is 146 cm³/mol. The standard InChI is InChI=1S/C31H35N3O2/c1-2-18-32-31(35)30-29(26-12-6-7-13-27(26)33-30)28(23-10-4-3-5-11-23)24-14-16-25(17-15-24)36-22-21-34-19-8-9-20-34/h3-7,10-17,28,33H,2,8-9,18-22H2,1H3,(H,32,35). The number of carbonyl (C=O) groups excluding carboxylic acids is 1. The Balaban J connectivity index is 1.50. The molecule has 0 aliphatic carbocycles. The SMILES string of the molecule is CCCNC(=O)c1[nH]c2ccccc2c1C(c1ccccc1)c1ccc(OCCN2CCCC2)cc1. The topological polar surface area (TPSA) is 57.4 Å². The van der Waals surface area contributed by atoms with Gasteiger partial charge in [-0.1, -0.05) is 67.6 Å².